The second-order valence-corrected chi connectivity index (χ2v) is 7.39. The third-order valence-corrected chi connectivity index (χ3v) is 5.47. The first-order valence-electron chi connectivity index (χ1n) is 9.86. The van der Waals surface area contributed by atoms with E-state index in [0.29, 0.717) is 11.4 Å². The fraction of sp³-hybridized carbons (Fsp3) is 0.333. The zero-order chi connectivity index (χ0) is 19.6. The molecule has 5 rings (SSSR count). The van der Waals surface area contributed by atoms with Crippen molar-refractivity contribution in [1.82, 2.24) is 25.3 Å². The number of hydrogen-bond acceptors (Lipinski definition) is 7. The maximum Gasteiger partial charge on any atom is 0.297 e. The maximum absolute atomic E-state index is 12.0. The normalized spacial score (nSPS) is 16.6. The minimum Gasteiger partial charge on any atom is -0.461 e. The SMILES string of the molecule is O=c1cc(-c2ccncn2)nc(OC2CCN(c3ccc4c(c3)CNC4)CC2)[nH]1. The topological polar surface area (TPSA) is 96.0 Å². The summed E-state index contributed by atoms with van der Waals surface area (Å²) in [5.74, 6) is 0. The molecule has 2 aliphatic rings. The Morgan fingerprint density at radius 1 is 1.03 bits per heavy atom. The Morgan fingerprint density at radius 3 is 2.72 bits per heavy atom. The van der Waals surface area contributed by atoms with Gasteiger partial charge >= 0.3 is 0 Å². The summed E-state index contributed by atoms with van der Waals surface area (Å²) in [6.07, 6.45) is 4.82. The summed E-state index contributed by atoms with van der Waals surface area (Å²) in [6, 6.07) is 10.1. The Balaban J connectivity index is 1.25. The molecule has 0 aliphatic carbocycles. The van der Waals surface area contributed by atoms with E-state index in [4.69, 9.17) is 4.74 Å². The Hall–Kier alpha value is -3.26. The summed E-state index contributed by atoms with van der Waals surface area (Å²) in [4.78, 5) is 29.6. The van der Waals surface area contributed by atoms with Crippen LogP contribution in [-0.4, -0.2) is 39.1 Å². The van der Waals surface area contributed by atoms with Gasteiger partial charge in [-0.25, -0.2) is 9.97 Å². The van der Waals surface area contributed by atoms with Crippen LogP contribution in [0.5, 0.6) is 6.01 Å². The van der Waals surface area contributed by atoms with E-state index in [9.17, 15) is 4.79 Å². The third kappa shape index (κ3) is 3.84. The minimum absolute atomic E-state index is 0.0196. The molecule has 0 bridgehead atoms. The Bertz CT molecular complexity index is 1060. The predicted octanol–water partition coefficient (Wildman–Crippen LogP) is 1.88. The highest BCUT2D eigenvalue weighted by Gasteiger charge is 2.23. The maximum atomic E-state index is 12.0. The molecule has 0 atom stereocenters. The predicted molar refractivity (Wildman–Crippen MR) is 109 cm³/mol. The Morgan fingerprint density at radius 2 is 1.90 bits per heavy atom. The van der Waals surface area contributed by atoms with Gasteiger partial charge in [-0.15, -0.1) is 0 Å². The lowest BCUT2D eigenvalue weighted by molar-refractivity contribution is 0.156. The molecule has 29 heavy (non-hydrogen) atoms. The molecule has 1 saturated heterocycles. The van der Waals surface area contributed by atoms with Gasteiger partial charge in [0.15, 0.2) is 0 Å². The van der Waals surface area contributed by atoms with Crippen LogP contribution in [0.15, 0.2) is 47.7 Å². The molecule has 8 heteroatoms. The fourth-order valence-corrected chi connectivity index (χ4v) is 3.93. The minimum atomic E-state index is -0.257. The van der Waals surface area contributed by atoms with Crippen molar-refractivity contribution >= 4 is 5.69 Å². The molecule has 4 heterocycles. The molecular weight excluding hydrogens is 368 g/mol. The molecule has 148 valence electrons. The van der Waals surface area contributed by atoms with E-state index in [1.165, 1.54) is 29.2 Å². The largest absolute Gasteiger partial charge is 0.461 e. The number of nitrogens with one attached hydrogen (secondary N) is 2. The van der Waals surface area contributed by atoms with Crippen molar-refractivity contribution in [2.45, 2.75) is 32.0 Å². The van der Waals surface area contributed by atoms with Crippen molar-refractivity contribution in [3.63, 3.8) is 0 Å². The number of anilines is 1. The van der Waals surface area contributed by atoms with Crippen LogP contribution in [0, 0.1) is 0 Å². The number of aromatic nitrogens is 4. The van der Waals surface area contributed by atoms with Gasteiger partial charge in [0.25, 0.3) is 11.6 Å². The van der Waals surface area contributed by atoms with Gasteiger partial charge in [-0.1, -0.05) is 6.07 Å². The molecule has 1 fully saturated rings. The fourth-order valence-electron chi connectivity index (χ4n) is 3.93. The first kappa shape index (κ1) is 17.8. The molecule has 1 aromatic carbocycles. The van der Waals surface area contributed by atoms with Crippen molar-refractivity contribution < 1.29 is 4.74 Å². The first-order valence-corrected chi connectivity index (χ1v) is 9.86. The summed E-state index contributed by atoms with van der Waals surface area (Å²) in [7, 11) is 0. The molecule has 0 saturated carbocycles. The monoisotopic (exact) mass is 390 g/mol. The molecule has 2 aliphatic heterocycles. The first-order chi connectivity index (χ1) is 14.2. The molecule has 2 aromatic heterocycles. The van der Waals surface area contributed by atoms with Gasteiger partial charge in [0, 0.05) is 57.0 Å². The van der Waals surface area contributed by atoms with Gasteiger partial charge in [-0.2, -0.15) is 4.98 Å². The molecule has 0 radical (unpaired) electrons. The van der Waals surface area contributed by atoms with E-state index < -0.39 is 0 Å². The molecule has 0 amide bonds. The molecule has 3 aromatic rings. The number of H-pyrrole nitrogens is 1. The second-order valence-electron chi connectivity index (χ2n) is 7.39. The van der Waals surface area contributed by atoms with Gasteiger partial charge in [0.05, 0.1) is 11.4 Å². The average molecular weight is 390 g/mol. The number of piperidine rings is 1. The highest BCUT2D eigenvalue weighted by atomic mass is 16.5. The van der Waals surface area contributed by atoms with Crippen molar-refractivity contribution in [3.05, 3.63) is 64.3 Å². The van der Waals surface area contributed by atoms with Crippen LogP contribution < -0.4 is 20.5 Å². The molecule has 0 spiro atoms. The molecule has 2 N–H and O–H groups in total. The van der Waals surface area contributed by atoms with E-state index in [1.807, 2.05) is 0 Å². The number of ether oxygens (including phenoxy) is 1. The van der Waals surface area contributed by atoms with Crippen molar-refractivity contribution in [3.8, 4) is 17.4 Å². The lowest BCUT2D eigenvalue weighted by Crippen LogP contribution is -2.38. The molecule has 8 nitrogen and oxygen atoms in total. The van der Waals surface area contributed by atoms with Gasteiger partial charge in [-0.3, -0.25) is 9.78 Å². The van der Waals surface area contributed by atoms with Crippen molar-refractivity contribution in [2.75, 3.05) is 18.0 Å². The van der Waals surface area contributed by atoms with Crippen LogP contribution >= 0.6 is 0 Å². The standard InChI is InChI=1S/C21H22N6O2/c28-20-10-19(18-3-6-22-13-24-18)25-21(26-20)29-17-4-7-27(8-5-17)16-2-1-14-11-23-12-15(14)9-16/h1-3,6,9-10,13,17,23H,4-5,7-8,11-12H2,(H,25,26,28). The smallest absolute Gasteiger partial charge is 0.297 e. The summed E-state index contributed by atoms with van der Waals surface area (Å²) in [5.41, 5.74) is 4.87. The van der Waals surface area contributed by atoms with Crippen LogP contribution in [0.25, 0.3) is 11.4 Å². The van der Waals surface area contributed by atoms with E-state index >= 15 is 0 Å². The zero-order valence-electron chi connectivity index (χ0n) is 16.0. The lowest BCUT2D eigenvalue weighted by atomic mass is 10.0. The average Bonchev–Trinajstić information content (AvgIpc) is 3.22. The second kappa shape index (κ2) is 7.63. The molecular formula is C21H22N6O2. The number of hydrogen-bond donors (Lipinski definition) is 2. The van der Waals surface area contributed by atoms with Crippen LogP contribution in [0.3, 0.4) is 0 Å². The van der Waals surface area contributed by atoms with Crippen LogP contribution in [0.2, 0.25) is 0 Å². The third-order valence-electron chi connectivity index (χ3n) is 5.47. The highest BCUT2D eigenvalue weighted by molar-refractivity contribution is 5.53. The Labute approximate surface area is 168 Å². The quantitative estimate of drug-likeness (QED) is 0.702. The summed E-state index contributed by atoms with van der Waals surface area (Å²) >= 11 is 0. The highest BCUT2D eigenvalue weighted by Crippen LogP contribution is 2.26. The number of fused-ring (bicyclic) bond motifs is 1. The van der Waals surface area contributed by atoms with Crippen LogP contribution in [0.4, 0.5) is 5.69 Å². The van der Waals surface area contributed by atoms with Gasteiger partial charge in [-0.05, 0) is 29.3 Å². The van der Waals surface area contributed by atoms with Crippen LogP contribution in [-0.2, 0) is 13.1 Å². The number of rotatable bonds is 4. The van der Waals surface area contributed by atoms with E-state index in [2.05, 4.69) is 48.4 Å². The Kier molecular flexibility index (Phi) is 4.69. The van der Waals surface area contributed by atoms with E-state index in [-0.39, 0.29) is 17.7 Å². The number of nitrogens with zero attached hydrogens (tertiary/aromatic N) is 4. The molecule has 0 unspecified atom stereocenters. The van der Waals surface area contributed by atoms with Gasteiger partial charge in [0.2, 0.25) is 0 Å². The van der Waals surface area contributed by atoms with E-state index in [1.54, 1.807) is 12.3 Å². The van der Waals surface area contributed by atoms with Gasteiger partial charge < -0.3 is 15.0 Å². The zero-order valence-corrected chi connectivity index (χ0v) is 16.0. The van der Waals surface area contributed by atoms with Crippen molar-refractivity contribution in [1.29, 1.82) is 0 Å². The lowest BCUT2D eigenvalue weighted by Gasteiger charge is -2.33. The summed E-state index contributed by atoms with van der Waals surface area (Å²) in [6.45, 7) is 3.73. The summed E-state index contributed by atoms with van der Waals surface area (Å²) in [5, 5.41) is 3.39. The van der Waals surface area contributed by atoms with Crippen LogP contribution in [0.1, 0.15) is 24.0 Å². The van der Waals surface area contributed by atoms with E-state index in [0.717, 1.165) is 39.0 Å². The van der Waals surface area contributed by atoms with Gasteiger partial charge in [0.1, 0.15) is 12.4 Å². The summed E-state index contributed by atoms with van der Waals surface area (Å²) < 4.78 is 6.01. The number of benzene rings is 1. The number of aromatic amines is 1. The van der Waals surface area contributed by atoms with Crippen molar-refractivity contribution in [2.24, 2.45) is 0 Å².